The number of ether oxygens (including phenoxy) is 1. The molecule has 0 spiro atoms. The van der Waals surface area contributed by atoms with Gasteiger partial charge in [0, 0.05) is 38.1 Å². The van der Waals surface area contributed by atoms with E-state index >= 15 is 0 Å². The summed E-state index contributed by atoms with van der Waals surface area (Å²) in [5, 5.41) is 0. The van der Waals surface area contributed by atoms with Crippen molar-refractivity contribution in [3.8, 4) is 0 Å². The highest BCUT2D eigenvalue weighted by Crippen LogP contribution is 2.25. The van der Waals surface area contributed by atoms with Crippen molar-refractivity contribution < 1.29 is 4.74 Å². The number of hydrogen-bond acceptors (Lipinski definition) is 2. The normalized spacial score (nSPS) is 19.8. The predicted molar refractivity (Wildman–Crippen MR) is 46.0 cm³/mol. The minimum Gasteiger partial charge on any atom is -0.381 e. The quantitative estimate of drug-likeness (QED) is 0.629. The Morgan fingerprint density at radius 1 is 1.50 bits per heavy atom. The summed E-state index contributed by atoms with van der Waals surface area (Å²) in [6.07, 6.45) is 6.11. The van der Waals surface area contributed by atoms with Crippen molar-refractivity contribution >= 4 is 0 Å². The van der Waals surface area contributed by atoms with E-state index in [0.29, 0.717) is 5.92 Å². The number of aryl methyl sites for hydroxylation is 1. The minimum atomic E-state index is 0.659. The molecule has 2 rings (SSSR count). The number of aromatic nitrogens is 2. The number of imidazole rings is 1. The fourth-order valence-electron chi connectivity index (χ4n) is 1.75. The van der Waals surface area contributed by atoms with E-state index in [2.05, 4.69) is 16.6 Å². The zero-order valence-corrected chi connectivity index (χ0v) is 7.36. The van der Waals surface area contributed by atoms with E-state index in [4.69, 9.17) is 4.74 Å². The maximum Gasteiger partial charge on any atom is 0.0945 e. The van der Waals surface area contributed by atoms with Crippen LogP contribution in [0.25, 0.3) is 0 Å². The Labute approximate surface area is 72.4 Å². The van der Waals surface area contributed by atoms with Gasteiger partial charge in [-0.1, -0.05) is 0 Å². The lowest BCUT2D eigenvalue weighted by Crippen LogP contribution is -2.16. The van der Waals surface area contributed by atoms with Gasteiger partial charge in [-0.15, -0.1) is 0 Å². The molecule has 1 aromatic heterocycles. The van der Waals surface area contributed by atoms with Crippen LogP contribution in [-0.4, -0.2) is 22.8 Å². The lowest BCUT2D eigenvalue weighted by Gasteiger charge is -2.21. The molecule has 0 aromatic carbocycles. The predicted octanol–water partition coefficient (Wildman–Crippen LogP) is 1.31. The van der Waals surface area contributed by atoms with Gasteiger partial charge in [0.15, 0.2) is 0 Å². The summed E-state index contributed by atoms with van der Waals surface area (Å²) in [7, 11) is 2.05. The van der Waals surface area contributed by atoms with Crippen molar-refractivity contribution in [1.29, 1.82) is 0 Å². The fourth-order valence-corrected chi connectivity index (χ4v) is 1.75. The van der Waals surface area contributed by atoms with E-state index in [0.717, 1.165) is 26.1 Å². The van der Waals surface area contributed by atoms with Crippen LogP contribution in [0.3, 0.4) is 0 Å². The molecule has 0 amide bonds. The van der Waals surface area contributed by atoms with Crippen molar-refractivity contribution in [3.05, 3.63) is 18.2 Å². The molecule has 0 bridgehead atoms. The highest BCUT2D eigenvalue weighted by Gasteiger charge is 2.17. The molecule has 12 heavy (non-hydrogen) atoms. The van der Waals surface area contributed by atoms with E-state index in [1.54, 1.807) is 0 Å². The van der Waals surface area contributed by atoms with Crippen LogP contribution >= 0.6 is 0 Å². The summed E-state index contributed by atoms with van der Waals surface area (Å²) in [6.45, 7) is 1.80. The molecule has 1 aromatic rings. The molecule has 3 nitrogen and oxygen atoms in total. The number of hydrogen-bond donors (Lipinski definition) is 0. The van der Waals surface area contributed by atoms with Crippen LogP contribution < -0.4 is 0 Å². The van der Waals surface area contributed by atoms with E-state index < -0.39 is 0 Å². The monoisotopic (exact) mass is 166 g/mol. The van der Waals surface area contributed by atoms with Gasteiger partial charge in [-0.25, -0.2) is 4.98 Å². The molecule has 0 aliphatic carbocycles. The summed E-state index contributed by atoms with van der Waals surface area (Å²) in [5.74, 6) is 0.659. The van der Waals surface area contributed by atoms with Gasteiger partial charge in [0.1, 0.15) is 0 Å². The second-order valence-electron chi connectivity index (χ2n) is 3.32. The molecular weight excluding hydrogens is 152 g/mol. The molecule has 1 saturated heterocycles. The van der Waals surface area contributed by atoms with E-state index in [9.17, 15) is 0 Å². The first-order valence-corrected chi connectivity index (χ1v) is 4.42. The van der Waals surface area contributed by atoms with Crippen molar-refractivity contribution in [1.82, 2.24) is 9.55 Å². The third kappa shape index (κ3) is 1.37. The smallest absolute Gasteiger partial charge is 0.0945 e. The summed E-state index contributed by atoms with van der Waals surface area (Å²) in [6, 6.07) is 0. The Balaban J connectivity index is 2.13. The molecule has 1 aliphatic rings. The molecule has 0 saturated carbocycles. The molecule has 1 fully saturated rings. The Morgan fingerprint density at radius 3 is 2.83 bits per heavy atom. The maximum absolute atomic E-state index is 5.31. The van der Waals surface area contributed by atoms with Gasteiger partial charge in [-0.3, -0.25) is 0 Å². The second kappa shape index (κ2) is 3.27. The topological polar surface area (TPSA) is 27.1 Å². The van der Waals surface area contributed by atoms with Crippen LogP contribution in [0.5, 0.6) is 0 Å². The zero-order valence-electron chi connectivity index (χ0n) is 7.36. The van der Waals surface area contributed by atoms with E-state index in [-0.39, 0.29) is 0 Å². The van der Waals surface area contributed by atoms with Crippen molar-refractivity contribution in [2.45, 2.75) is 18.8 Å². The first-order valence-electron chi connectivity index (χ1n) is 4.42. The lowest BCUT2D eigenvalue weighted by atomic mass is 9.97. The Bertz CT molecular complexity index is 251. The SMILES string of the molecule is Cn1cncc1C1CCOCC1. The molecule has 0 atom stereocenters. The molecule has 2 heterocycles. The highest BCUT2D eigenvalue weighted by molar-refractivity contribution is 5.06. The standard InChI is InChI=1S/C9H14N2O/c1-11-7-10-6-9(11)8-2-4-12-5-3-8/h6-8H,2-5H2,1H3. The first-order chi connectivity index (χ1) is 5.88. The van der Waals surface area contributed by atoms with Crippen LogP contribution in [0.15, 0.2) is 12.5 Å². The zero-order chi connectivity index (χ0) is 8.39. The van der Waals surface area contributed by atoms with Crippen LogP contribution in [0.4, 0.5) is 0 Å². The largest absolute Gasteiger partial charge is 0.381 e. The summed E-state index contributed by atoms with van der Waals surface area (Å²) < 4.78 is 7.42. The van der Waals surface area contributed by atoms with Crippen LogP contribution in [0.2, 0.25) is 0 Å². The van der Waals surface area contributed by atoms with E-state index in [1.165, 1.54) is 5.69 Å². The molecule has 66 valence electrons. The van der Waals surface area contributed by atoms with Gasteiger partial charge in [-0.05, 0) is 12.8 Å². The summed E-state index contributed by atoms with van der Waals surface area (Å²) in [5.41, 5.74) is 1.35. The third-order valence-corrected chi connectivity index (χ3v) is 2.49. The molecule has 3 heteroatoms. The Hall–Kier alpha value is -0.830. The highest BCUT2D eigenvalue weighted by atomic mass is 16.5. The second-order valence-corrected chi connectivity index (χ2v) is 3.32. The van der Waals surface area contributed by atoms with Gasteiger partial charge in [0.05, 0.1) is 6.33 Å². The average Bonchev–Trinajstić information content (AvgIpc) is 2.53. The first kappa shape index (κ1) is 7.80. The van der Waals surface area contributed by atoms with Crippen molar-refractivity contribution in [3.63, 3.8) is 0 Å². The Morgan fingerprint density at radius 2 is 2.25 bits per heavy atom. The van der Waals surface area contributed by atoms with Crippen LogP contribution in [0.1, 0.15) is 24.5 Å². The van der Waals surface area contributed by atoms with E-state index in [1.807, 2.05) is 12.5 Å². The third-order valence-electron chi connectivity index (χ3n) is 2.49. The molecule has 0 N–H and O–H groups in total. The van der Waals surface area contributed by atoms with Gasteiger partial charge >= 0.3 is 0 Å². The van der Waals surface area contributed by atoms with Crippen LogP contribution in [-0.2, 0) is 11.8 Å². The lowest BCUT2D eigenvalue weighted by molar-refractivity contribution is 0.0839. The number of nitrogens with zero attached hydrogens (tertiary/aromatic N) is 2. The average molecular weight is 166 g/mol. The van der Waals surface area contributed by atoms with Crippen molar-refractivity contribution in [2.24, 2.45) is 7.05 Å². The van der Waals surface area contributed by atoms with Gasteiger partial charge in [0.2, 0.25) is 0 Å². The van der Waals surface area contributed by atoms with Crippen molar-refractivity contribution in [2.75, 3.05) is 13.2 Å². The fraction of sp³-hybridized carbons (Fsp3) is 0.667. The maximum atomic E-state index is 5.31. The molecule has 0 unspecified atom stereocenters. The summed E-state index contributed by atoms with van der Waals surface area (Å²) in [4.78, 5) is 4.12. The van der Waals surface area contributed by atoms with Gasteiger partial charge in [-0.2, -0.15) is 0 Å². The molecule has 1 aliphatic heterocycles. The summed E-state index contributed by atoms with van der Waals surface area (Å²) >= 11 is 0. The van der Waals surface area contributed by atoms with Gasteiger partial charge < -0.3 is 9.30 Å². The number of rotatable bonds is 1. The van der Waals surface area contributed by atoms with Crippen LogP contribution in [0, 0.1) is 0 Å². The van der Waals surface area contributed by atoms with Gasteiger partial charge in [0.25, 0.3) is 0 Å². The minimum absolute atomic E-state index is 0.659. The molecular formula is C9H14N2O. The molecule has 0 radical (unpaired) electrons. The Kier molecular flexibility index (Phi) is 2.13.